The van der Waals surface area contributed by atoms with Gasteiger partial charge in [-0.15, -0.1) is 0 Å². The maximum Gasteiger partial charge on any atom is 0.265 e. The number of carbonyl (C=O) groups excluding carboxylic acids is 1. The molecule has 2 aromatic rings. The summed E-state index contributed by atoms with van der Waals surface area (Å²) in [4.78, 5) is 12.4. The van der Waals surface area contributed by atoms with E-state index in [1.165, 1.54) is 24.3 Å². The van der Waals surface area contributed by atoms with Crippen LogP contribution in [0, 0.1) is 5.82 Å². The lowest BCUT2D eigenvalue weighted by atomic mass is 10.2. The van der Waals surface area contributed by atoms with Gasteiger partial charge in [0.2, 0.25) is 0 Å². The van der Waals surface area contributed by atoms with E-state index in [1.54, 1.807) is 25.1 Å². The molecule has 0 radical (unpaired) electrons. The number of amides is 1. The summed E-state index contributed by atoms with van der Waals surface area (Å²) in [6.07, 6.45) is -0.768. The van der Waals surface area contributed by atoms with Crippen molar-refractivity contribution < 1.29 is 23.4 Å². The topological polar surface area (TPSA) is 56.8 Å². The minimum absolute atomic E-state index is 0.348. The number of halogens is 1. The van der Waals surface area contributed by atoms with Gasteiger partial charge in [0, 0.05) is 6.07 Å². The third-order valence-electron chi connectivity index (χ3n) is 3.32. The molecule has 1 unspecified atom stereocenters. The van der Waals surface area contributed by atoms with Gasteiger partial charge in [-0.25, -0.2) is 4.39 Å². The summed E-state index contributed by atoms with van der Waals surface area (Å²) in [5, 5.41) is 2.78. The van der Waals surface area contributed by atoms with Crippen LogP contribution in [0.2, 0.25) is 0 Å². The lowest BCUT2D eigenvalue weighted by molar-refractivity contribution is -0.122. The van der Waals surface area contributed by atoms with Gasteiger partial charge in [0.05, 0.1) is 18.9 Å². The van der Waals surface area contributed by atoms with Crippen LogP contribution >= 0.6 is 0 Å². The number of ether oxygens (including phenoxy) is 3. The smallest absolute Gasteiger partial charge is 0.265 e. The average molecular weight is 347 g/mol. The highest BCUT2D eigenvalue weighted by Crippen LogP contribution is 2.29. The fourth-order valence-electron chi connectivity index (χ4n) is 2.15. The van der Waals surface area contributed by atoms with E-state index in [1.807, 2.05) is 13.8 Å². The predicted octanol–water partition coefficient (Wildman–Crippen LogP) is 4.03. The van der Waals surface area contributed by atoms with E-state index in [0.29, 0.717) is 36.1 Å². The van der Waals surface area contributed by atoms with Crippen molar-refractivity contribution in [2.75, 3.05) is 18.5 Å². The monoisotopic (exact) mass is 347 g/mol. The maximum atomic E-state index is 12.9. The van der Waals surface area contributed by atoms with Gasteiger partial charge in [-0.3, -0.25) is 4.79 Å². The number of hydrogen-bond acceptors (Lipinski definition) is 4. The van der Waals surface area contributed by atoms with Crippen molar-refractivity contribution in [3.05, 3.63) is 48.3 Å². The largest absolute Gasteiger partial charge is 0.494 e. The van der Waals surface area contributed by atoms with E-state index in [0.717, 1.165) is 0 Å². The summed E-state index contributed by atoms with van der Waals surface area (Å²) in [5.74, 6) is 0.885. The highest BCUT2D eigenvalue weighted by Gasteiger charge is 2.17. The highest BCUT2D eigenvalue weighted by molar-refractivity contribution is 5.95. The van der Waals surface area contributed by atoms with Gasteiger partial charge in [-0.2, -0.15) is 0 Å². The van der Waals surface area contributed by atoms with Crippen molar-refractivity contribution in [3.8, 4) is 17.2 Å². The Morgan fingerprint density at radius 2 is 1.68 bits per heavy atom. The van der Waals surface area contributed by atoms with Crippen LogP contribution in [0.15, 0.2) is 42.5 Å². The molecule has 5 nitrogen and oxygen atoms in total. The Balaban J connectivity index is 2.09. The van der Waals surface area contributed by atoms with E-state index >= 15 is 0 Å². The van der Waals surface area contributed by atoms with Crippen LogP contribution in [0.4, 0.5) is 10.1 Å². The van der Waals surface area contributed by atoms with Crippen LogP contribution in [0.1, 0.15) is 20.8 Å². The minimum atomic E-state index is -0.768. The predicted molar refractivity (Wildman–Crippen MR) is 93.9 cm³/mol. The third kappa shape index (κ3) is 5.38. The van der Waals surface area contributed by atoms with Crippen LogP contribution < -0.4 is 19.5 Å². The van der Waals surface area contributed by atoms with Gasteiger partial charge >= 0.3 is 0 Å². The van der Waals surface area contributed by atoms with Gasteiger partial charge in [0.25, 0.3) is 5.91 Å². The second-order valence-electron chi connectivity index (χ2n) is 5.23. The number of rotatable bonds is 8. The SMILES string of the molecule is CCOc1ccc(OCC)c(NC(=O)C(C)Oc2ccc(F)cc2)c1. The molecule has 0 aromatic heterocycles. The lowest BCUT2D eigenvalue weighted by Gasteiger charge is -2.17. The molecule has 0 aliphatic carbocycles. The van der Waals surface area contributed by atoms with Crippen LogP contribution in [0.5, 0.6) is 17.2 Å². The van der Waals surface area contributed by atoms with E-state index in [2.05, 4.69) is 5.32 Å². The van der Waals surface area contributed by atoms with Crippen molar-refractivity contribution in [1.29, 1.82) is 0 Å². The van der Waals surface area contributed by atoms with Gasteiger partial charge in [-0.05, 0) is 57.2 Å². The molecule has 0 saturated heterocycles. The first kappa shape index (κ1) is 18.6. The maximum absolute atomic E-state index is 12.9. The summed E-state index contributed by atoms with van der Waals surface area (Å²) >= 11 is 0. The van der Waals surface area contributed by atoms with Crippen LogP contribution in [-0.2, 0) is 4.79 Å². The zero-order valence-corrected chi connectivity index (χ0v) is 14.5. The fraction of sp³-hybridized carbons (Fsp3) is 0.316. The summed E-state index contributed by atoms with van der Waals surface area (Å²) in [6.45, 7) is 6.35. The molecule has 1 amide bonds. The van der Waals surface area contributed by atoms with Crippen molar-refractivity contribution in [2.45, 2.75) is 26.9 Å². The van der Waals surface area contributed by atoms with E-state index < -0.39 is 6.10 Å². The molecular weight excluding hydrogens is 325 g/mol. The molecule has 2 aromatic carbocycles. The second-order valence-corrected chi connectivity index (χ2v) is 5.23. The Morgan fingerprint density at radius 1 is 1.04 bits per heavy atom. The Bertz CT molecular complexity index is 703. The standard InChI is InChI=1S/C19H22FNO4/c1-4-23-16-10-11-18(24-5-2)17(12-16)21-19(22)13(3)25-15-8-6-14(20)7-9-15/h6-13H,4-5H2,1-3H3,(H,21,22). The van der Waals surface area contributed by atoms with E-state index in [-0.39, 0.29) is 11.7 Å². The number of nitrogens with one attached hydrogen (secondary N) is 1. The van der Waals surface area contributed by atoms with Gasteiger partial charge < -0.3 is 19.5 Å². The van der Waals surface area contributed by atoms with Gasteiger partial charge in [0.1, 0.15) is 23.1 Å². The molecule has 134 valence electrons. The summed E-state index contributed by atoms with van der Waals surface area (Å²) < 4.78 is 29.4. The zero-order chi connectivity index (χ0) is 18.2. The molecule has 25 heavy (non-hydrogen) atoms. The first-order chi connectivity index (χ1) is 12.0. The van der Waals surface area contributed by atoms with Gasteiger partial charge in [-0.1, -0.05) is 0 Å². The first-order valence-electron chi connectivity index (χ1n) is 8.16. The third-order valence-corrected chi connectivity index (χ3v) is 3.32. The van der Waals surface area contributed by atoms with Crippen LogP contribution in [0.3, 0.4) is 0 Å². The van der Waals surface area contributed by atoms with Crippen molar-refractivity contribution in [2.24, 2.45) is 0 Å². The average Bonchev–Trinajstić information content (AvgIpc) is 2.59. The molecule has 0 aliphatic heterocycles. The number of hydrogen-bond donors (Lipinski definition) is 1. The molecule has 0 fully saturated rings. The van der Waals surface area contributed by atoms with Crippen molar-refractivity contribution in [1.82, 2.24) is 0 Å². The van der Waals surface area contributed by atoms with Crippen molar-refractivity contribution in [3.63, 3.8) is 0 Å². The van der Waals surface area contributed by atoms with Crippen LogP contribution in [0.25, 0.3) is 0 Å². The Kier molecular flexibility index (Phi) is 6.62. The molecule has 6 heteroatoms. The first-order valence-corrected chi connectivity index (χ1v) is 8.16. The number of benzene rings is 2. The fourth-order valence-corrected chi connectivity index (χ4v) is 2.15. The summed E-state index contributed by atoms with van der Waals surface area (Å²) in [5.41, 5.74) is 0.507. The van der Waals surface area contributed by atoms with Crippen LogP contribution in [-0.4, -0.2) is 25.2 Å². The number of anilines is 1. The molecule has 1 N–H and O–H groups in total. The highest BCUT2D eigenvalue weighted by atomic mass is 19.1. The summed E-state index contributed by atoms with van der Waals surface area (Å²) in [6, 6.07) is 10.7. The molecule has 0 saturated carbocycles. The molecular formula is C19H22FNO4. The molecule has 1 atom stereocenters. The molecule has 0 aliphatic rings. The molecule has 0 bridgehead atoms. The van der Waals surface area contributed by atoms with Crippen molar-refractivity contribution >= 4 is 11.6 Å². The molecule has 0 spiro atoms. The molecule has 2 rings (SSSR count). The minimum Gasteiger partial charge on any atom is -0.494 e. The Hall–Kier alpha value is -2.76. The second kappa shape index (κ2) is 8.92. The Morgan fingerprint density at radius 3 is 2.32 bits per heavy atom. The van der Waals surface area contributed by atoms with E-state index in [4.69, 9.17) is 14.2 Å². The molecule has 0 heterocycles. The normalized spacial score (nSPS) is 11.5. The lowest BCUT2D eigenvalue weighted by Crippen LogP contribution is -2.30. The number of carbonyl (C=O) groups is 1. The quantitative estimate of drug-likeness (QED) is 0.783. The van der Waals surface area contributed by atoms with Gasteiger partial charge in [0.15, 0.2) is 6.10 Å². The van der Waals surface area contributed by atoms with E-state index in [9.17, 15) is 9.18 Å². The summed E-state index contributed by atoms with van der Waals surface area (Å²) in [7, 11) is 0. The zero-order valence-electron chi connectivity index (χ0n) is 14.5. The Labute approximate surface area is 146 Å².